The fourth-order valence-electron chi connectivity index (χ4n) is 2.32. The normalized spacial score (nSPS) is 11.0. The number of aromatic nitrogens is 2. The maximum atomic E-state index is 13.3. The highest BCUT2D eigenvalue weighted by Gasteiger charge is 2.16. The van der Waals surface area contributed by atoms with E-state index in [0.717, 1.165) is 17.1 Å². The first kappa shape index (κ1) is 15.2. The second kappa shape index (κ2) is 5.68. The van der Waals surface area contributed by atoms with Crippen LogP contribution >= 0.6 is 0 Å². The van der Waals surface area contributed by atoms with Crippen LogP contribution < -0.4 is 5.32 Å². The summed E-state index contributed by atoms with van der Waals surface area (Å²) < 4.78 is 15.1. The Morgan fingerprint density at radius 2 is 1.95 bits per heavy atom. The standard InChI is InChI=1S/C16H20FN3O/c1-9(2)20-12(5)15(11(4)19-20)18-16(21)13-6-7-14(17)10(3)8-13/h6-9H,1-5H3,(H,18,21). The fraction of sp³-hybridized carbons (Fsp3) is 0.375. The molecule has 1 heterocycles. The Morgan fingerprint density at radius 3 is 2.48 bits per heavy atom. The highest BCUT2D eigenvalue weighted by atomic mass is 19.1. The minimum absolute atomic E-state index is 0.224. The molecule has 0 saturated carbocycles. The van der Waals surface area contributed by atoms with Crippen molar-refractivity contribution in [2.75, 3.05) is 5.32 Å². The van der Waals surface area contributed by atoms with E-state index in [-0.39, 0.29) is 17.8 Å². The van der Waals surface area contributed by atoms with Crippen LogP contribution in [-0.4, -0.2) is 15.7 Å². The number of anilines is 1. The minimum Gasteiger partial charge on any atom is -0.319 e. The molecule has 0 aliphatic heterocycles. The second-order valence-corrected chi connectivity index (χ2v) is 5.50. The Hall–Kier alpha value is -2.17. The lowest BCUT2D eigenvalue weighted by Crippen LogP contribution is -2.14. The van der Waals surface area contributed by atoms with Crippen molar-refractivity contribution in [3.05, 3.63) is 46.5 Å². The summed E-state index contributed by atoms with van der Waals surface area (Å²) in [6, 6.07) is 4.56. The molecule has 0 fully saturated rings. The SMILES string of the molecule is Cc1cc(C(=O)Nc2c(C)nn(C(C)C)c2C)ccc1F. The summed E-state index contributed by atoms with van der Waals surface area (Å²) in [6.45, 7) is 9.49. The minimum atomic E-state index is -0.313. The van der Waals surface area contributed by atoms with Gasteiger partial charge < -0.3 is 5.32 Å². The Bertz CT molecular complexity index is 689. The predicted octanol–water partition coefficient (Wildman–Crippen LogP) is 3.78. The van der Waals surface area contributed by atoms with Gasteiger partial charge in [-0.1, -0.05) is 0 Å². The third-order valence-corrected chi connectivity index (χ3v) is 3.47. The molecule has 0 aliphatic rings. The van der Waals surface area contributed by atoms with Gasteiger partial charge in [0.2, 0.25) is 0 Å². The number of halogens is 1. The van der Waals surface area contributed by atoms with Crippen molar-refractivity contribution < 1.29 is 9.18 Å². The lowest BCUT2D eigenvalue weighted by atomic mass is 10.1. The van der Waals surface area contributed by atoms with Crippen molar-refractivity contribution in [2.45, 2.75) is 40.7 Å². The van der Waals surface area contributed by atoms with Gasteiger partial charge in [0.25, 0.3) is 5.91 Å². The molecule has 5 heteroatoms. The van der Waals surface area contributed by atoms with E-state index >= 15 is 0 Å². The maximum absolute atomic E-state index is 13.3. The number of amides is 1. The molecule has 0 bridgehead atoms. The number of carbonyl (C=O) groups is 1. The number of hydrogen-bond donors (Lipinski definition) is 1. The van der Waals surface area contributed by atoms with Gasteiger partial charge in [0.1, 0.15) is 5.82 Å². The molecule has 0 radical (unpaired) electrons. The van der Waals surface area contributed by atoms with Crippen molar-refractivity contribution in [3.63, 3.8) is 0 Å². The first-order valence-electron chi connectivity index (χ1n) is 6.94. The molecule has 4 nitrogen and oxygen atoms in total. The van der Waals surface area contributed by atoms with Gasteiger partial charge in [-0.3, -0.25) is 9.48 Å². The zero-order chi connectivity index (χ0) is 15.7. The molecule has 0 atom stereocenters. The summed E-state index contributed by atoms with van der Waals surface area (Å²) in [5.41, 5.74) is 3.29. The predicted molar refractivity (Wildman–Crippen MR) is 81.2 cm³/mol. The molecule has 21 heavy (non-hydrogen) atoms. The van der Waals surface area contributed by atoms with Crippen LogP contribution in [0.3, 0.4) is 0 Å². The molecule has 1 N–H and O–H groups in total. The van der Waals surface area contributed by atoms with E-state index in [0.29, 0.717) is 11.1 Å². The molecule has 0 aliphatic carbocycles. The van der Waals surface area contributed by atoms with Crippen molar-refractivity contribution in [1.29, 1.82) is 0 Å². The topological polar surface area (TPSA) is 46.9 Å². The second-order valence-electron chi connectivity index (χ2n) is 5.50. The molecular formula is C16H20FN3O. The number of aryl methyl sites for hydroxylation is 2. The van der Waals surface area contributed by atoms with Crippen LogP contribution in [-0.2, 0) is 0 Å². The van der Waals surface area contributed by atoms with E-state index in [2.05, 4.69) is 10.4 Å². The molecule has 112 valence electrons. The lowest BCUT2D eigenvalue weighted by Gasteiger charge is -2.09. The number of hydrogen-bond acceptors (Lipinski definition) is 2. The number of rotatable bonds is 3. The van der Waals surface area contributed by atoms with Crippen LogP contribution in [0.1, 0.15) is 47.2 Å². The molecular weight excluding hydrogens is 269 g/mol. The molecule has 2 aromatic rings. The number of nitrogens with zero attached hydrogens (tertiary/aromatic N) is 2. The van der Waals surface area contributed by atoms with Crippen molar-refractivity contribution in [3.8, 4) is 0 Å². The Morgan fingerprint density at radius 1 is 1.29 bits per heavy atom. The van der Waals surface area contributed by atoms with Crippen LogP contribution in [0.2, 0.25) is 0 Å². The highest BCUT2D eigenvalue weighted by Crippen LogP contribution is 2.23. The molecule has 0 saturated heterocycles. The first-order chi connectivity index (χ1) is 9.81. The summed E-state index contributed by atoms with van der Waals surface area (Å²) in [7, 11) is 0. The van der Waals surface area contributed by atoms with Crippen LogP contribution in [0.25, 0.3) is 0 Å². The summed E-state index contributed by atoms with van der Waals surface area (Å²) in [4.78, 5) is 12.3. The molecule has 1 aromatic carbocycles. The van der Waals surface area contributed by atoms with E-state index in [4.69, 9.17) is 0 Å². The van der Waals surface area contributed by atoms with Gasteiger partial charge in [0.05, 0.1) is 17.1 Å². The lowest BCUT2D eigenvalue weighted by molar-refractivity contribution is 0.102. The average Bonchev–Trinajstić information content (AvgIpc) is 2.70. The molecule has 0 unspecified atom stereocenters. The maximum Gasteiger partial charge on any atom is 0.255 e. The molecule has 2 rings (SSSR count). The highest BCUT2D eigenvalue weighted by molar-refractivity contribution is 6.05. The third-order valence-electron chi connectivity index (χ3n) is 3.47. The van der Waals surface area contributed by atoms with Crippen LogP contribution in [0.4, 0.5) is 10.1 Å². The van der Waals surface area contributed by atoms with E-state index < -0.39 is 0 Å². The summed E-state index contributed by atoms with van der Waals surface area (Å²) in [5.74, 6) is -0.570. The van der Waals surface area contributed by atoms with Gasteiger partial charge in [-0.2, -0.15) is 5.10 Å². The van der Waals surface area contributed by atoms with Crippen LogP contribution in [0.5, 0.6) is 0 Å². The Balaban J connectivity index is 2.29. The number of benzene rings is 1. The molecule has 1 amide bonds. The summed E-state index contributed by atoms with van der Waals surface area (Å²) in [6.07, 6.45) is 0. The van der Waals surface area contributed by atoms with E-state index in [1.807, 2.05) is 32.4 Å². The average molecular weight is 289 g/mol. The molecule has 1 aromatic heterocycles. The van der Waals surface area contributed by atoms with Crippen molar-refractivity contribution in [2.24, 2.45) is 0 Å². The fourth-order valence-corrected chi connectivity index (χ4v) is 2.32. The Kier molecular flexibility index (Phi) is 4.11. The first-order valence-corrected chi connectivity index (χ1v) is 6.94. The smallest absolute Gasteiger partial charge is 0.255 e. The van der Waals surface area contributed by atoms with Crippen molar-refractivity contribution >= 4 is 11.6 Å². The van der Waals surface area contributed by atoms with E-state index in [1.165, 1.54) is 12.1 Å². The zero-order valence-electron chi connectivity index (χ0n) is 13.0. The summed E-state index contributed by atoms with van der Waals surface area (Å²) in [5, 5.41) is 7.30. The van der Waals surface area contributed by atoms with E-state index in [9.17, 15) is 9.18 Å². The van der Waals surface area contributed by atoms with E-state index in [1.54, 1.807) is 13.0 Å². The molecule has 0 spiro atoms. The Labute approximate surface area is 124 Å². The van der Waals surface area contributed by atoms with Gasteiger partial charge in [0, 0.05) is 11.6 Å². The van der Waals surface area contributed by atoms with Gasteiger partial charge in [0.15, 0.2) is 0 Å². The van der Waals surface area contributed by atoms with Crippen LogP contribution in [0.15, 0.2) is 18.2 Å². The van der Waals surface area contributed by atoms with Gasteiger partial charge >= 0.3 is 0 Å². The van der Waals surface area contributed by atoms with Crippen LogP contribution in [0, 0.1) is 26.6 Å². The van der Waals surface area contributed by atoms with Gasteiger partial charge in [-0.25, -0.2) is 4.39 Å². The monoisotopic (exact) mass is 289 g/mol. The van der Waals surface area contributed by atoms with Gasteiger partial charge in [-0.05, 0) is 58.4 Å². The van der Waals surface area contributed by atoms with Crippen molar-refractivity contribution in [1.82, 2.24) is 9.78 Å². The number of carbonyl (C=O) groups excluding carboxylic acids is 1. The largest absolute Gasteiger partial charge is 0.319 e. The van der Waals surface area contributed by atoms with Gasteiger partial charge in [-0.15, -0.1) is 0 Å². The summed E-state index contributed by atoms with van der Waals surface area (Å²) >= 11 is 0. The quantitative estimate of drug-likeness (QED) is 0.934. The number of nitrogens with one attached hydrogen (secondary N) is 1. The third kappa shape index (κ3) is 2.96. The zero-order valence-corrected chi connectivity index (χ0v) is 13.0.